The molecule has 3 nitrogen and oxygen atoms in total. The summed E-state index contributed by atoms with van der Waals surface area (Å²) >= 11 is 0. The van der Waals surface area contributed by atoms with Crippen LogP contribution in [0.5, 0.6) is 0 Å². The van der Waals surface area contributed by atoms with Gasteiger partial charge in [-0.15, -0.1) is 0 Å². The monoisotopic (exact) mass is 377 g/mol. The molecule has 0 N–H and O–H groups in total. The third-order valence-corrected chi connectivity index (χ3v) is 4.73. The fourth-order valence-corrected chi connectivity index (χ4v) is 3.14. The van der Waals surface area contributed by atoms with E-state index in [1.165, 1.54) is 12.1 Å². The number of ether oxygens (including phenoxy) is 1. The van der Waals surface area contributed by atoms with Gasteiger partial charge in [-0.1, -0.05) is 29.8 Å². The number of rotatable bonds is 4. The molecule has 0 saturated carbocycles. The Morgan fingerprint density at radius 2 is 1.78 bits per heavy atom. The average molecular weight is 377 g/mol. The lowest BCUT2D eigenvalue weighted by Crippen LogP contribution is -2.43. The van der Waals surface area contributed by atoms with Gasteiger partial charge in [0.15, 0.2) is 0 Å². The van der Waals surface area contributed by atoms with Crippen LogP contribution < -0.4 is 0 Å². The van der Waals surface area contributed by atoms with Crippen LogP contribution in [0.3, 0.4) is 0 Å². The number of likely N-dealkylation sites (tertiary alicyclic amines) is 1. The van der Waals surface area contributed by atoms with Crippen LogP contribution in [0.4, 0.5) is 13.2 Å². The highest BCUT2D eigenvalue weighted by Crippen LogP contribution is 2.29. The van der Waals surface area contributed by atoms with Crippen molar-refractivity contribution >= 4 is 5.91 Å². The van der Waals surface area contributed by atoms with E-state index < -0.39 is 11.7 Å². The Morgan fingerprint density at radius 3 is 2.41 bits per heavy atom. The topological polar surface area (TPSA) is 29.5 Å². The van der Waals surface area contributed by atoms with Gasteiger partial charge in [-0.05, 0) is 49.6 Å². The number of carbonyl (C=O) groups excluding carboxylic acids is 1. The van der Waals surface area contributed by atoms with Gasteiger partial charge in [0, 0.05) is 18.7 Å². The second-order valence-corrected chi connectivity index (χ2v) is 6.89. The molecule has 2 aromatic rings. The van der Waals surface area contributed by atoms with Gasteiger partial charge in [-0.25, -0.2) is 0 Å². The number of amides is 1. The second kappa shape index (κ2) is 8.13. The molecule has 3 rings (SSSR count). The summed E-state index contributed by atoms with van der Waals surface area (Å²) in [6, 6.07) is 12.5. The maximum Gasteiger partial charge on any atom is 0.416 e. The van der Waals surface area contributed by atoms with E-state index in [1.807, 2.05) is 31.2 Å². The van der Waals surface area contributed by atoms with Gasteiger partial charge in [0.25, 0.3) is 5.91 Å². The Balaban J connectivity index is 1.55. The third-order valence-electron chi connectivity index (χ3n) is 4.73. The van der Waals surface area contributed by atoms with Crippen molar-refractivity contribution in [2.45, 2.75) is 38.7 Å². The maximum absolute atomic E-state index is 12.6. The summed E-state index contributed by atoms with van der Waals surface area (Å²) in [5, 5.41) is 0. The Kier molecular flexibility index (Phi) is 5.85. The molecule has 1 fully saturated rings. The van der Waals surface area contributed by atoms with Crippen LogP contribution in [0.2, 0.25) is 0 Å². The lowest BCUT2D eigenvalue weighted by atomic mass is 10.1. The highest BCUT2D eigenvalue weighted by molar-refractivity contribution is 5.94. The first-order valence-corrected chi connectivity index (χ1v) is 8.96. The summed E-state index contributed by atoms with van der Waals surface area (Å²) in [4.78, 5) is 14.4. The summed E-state index contributed by atoms with van der Waals surface area (Å²) in [5.41, 5.74) is 1.77. The normalized spacial score (nSPS) is 17.8. The first-order chi connectivity index (χ1) is 12.8. The first-order valence-electron chi connectivity index (χ1n) is 8.96. The SMILES string of the molecule is Cc1ccc(C(=O)N2CCC[C@H](OCc3ccc(C(F)(F)F)cc3)C2)cc1. The highest BCUT2D eigenvalue weighted by atomic mass is 19.4. The van der Waals surface area contributed by atoms with Gasteiger partial charge in [0.2, 0.25) is 0 Å². The lowest BCUT2D eigenvalue weighted by Gasteiger charge is -2.32. The maximum atomic E-state index is 12.6. The molecule has 0 bridgehead atoms. The predicted octanol–water partition coefficient (Wildman–Crippen LogP) is 4.84. The molecule has 0 aliphatic carbocycles. The Hall–Kier alpha value is -2.34. The first kappa shape index (κ1) is 19.4. The standard InChI is InChI=1S/C21H22F3NO2/c1-15-4-8-17(9-5-15)20(26)25-12-2-3-19(13-25)27-14-16-6-10-18(11-7-16)21(22,23)24/h4-11,19H,2-3,12-14H2,1H3/t19-/m0/s1. The number of benzene rings is 2. The summed E-state index contributed by atoms with van der Waals surface area (Å²) in [7, 11) is 0. The number of alkyl halides is 3. The molecule has 1 amide bonds. The zero-order valence-corrected chi connectivity index (χ0v) is 15.1. The number of hydrogen-bond donors (Lipinski definition) is 0. The molecule has 0 radical (unpaired) electrons. The molecule has 1 heterocycles. The van der Waals surface area contributed by atoms with Crippen LogP contribution in [-0.2, 0) is 17.5 Å². The quantitative estimate of drug-likeness (QED) is 0.763. The summed E-state index contributed by atoms with van der Waals surface area (Å²) in [6.45, 7) is 3.38. The van der Waals surface area contributed by atoms with E-state index in [9.17, 15) is 18.0 Å². The van der Waals surface area contributed by atoms with Crippen molar-refractivity contribution in [1.29, 1.82) is 0 Å². The van der Waals surface area contributed by atoms with E-state index in [4.69, 9.17) is 4.74 Å². The molecular formula is C21H22F3NO2. The molecule has 144 valence electrons. The summed E-state index contributed by atoms with van der Waals surface area (Å²) < 4.78 is 43.7. The van der Waals surface area contributed by atoms with Crippen molar-refractivity contribution < 1.29 is 22.7 Å². The largest absolute Gasteiger partial charge is 0.416 e. The molecule has 1 saturated heterocycles. The zero-order valence-electron chi connectivity index (χ0n) is 15.1. The third kappa shape index (κ3) is 5.10. The van der Waals surface area contributed by atoms with Crippen LogP contribution in [0.25, 0.3) is 0 Å². The molecule has 0 aromatic heterocycles. The van der Waals surface area contributed by atoms with Gasteiger partial charge < -0.3 is 9.64 Å². The van der Waals surface area contributed by atoms with Crippen molar-refractivity contribution in [2.75, 3.05) is 13.1 Å². The van der Waals surface area contributed by atoms with E-state index in [0.29, 0.717) is 24.2 Å². The van der Waals surface area contributed by atoms with Crippen LogP contribution in [0.1, 0.15) is 39.9 Å². The predicted molar refractivity (Wildman–Crippen MR) is 96.3 cm³/mol. The number of aryl methyl sites for hydroxylation is 1. The van der Waals surface area contributed by atoms with Crippen LogP contribution in [0, 0.1) is 6.92 Å². The van der Waals surface area contributed by atoms with E-state index in [0.717, 1.165) is 30.5 Å². The van der Waals surface area contributed by atoms with Gasteiger partial charge in [-0.3, -0.25) is 4.79 Å². The molecule has 1 atom stereocenters. The smallest absolute Gasteiger partial charge is 0.372 e. The molecule has 0 spiro atoms. The number of halogens is 3. The van der Waals surface area contributed by atoms with E-state index >= 15 is 0 Å². The van der Waals surface area contributed by atoms with Crippen LogP contribution in [-0.4, -0.2) is 30.0 Å². The lowest BCUT2D eigenvalue weighted by molar-refractivity contribution is -0.137. The number of carbonyl (C=O) groups is 1. The van der Waals surface area contributed by atoms with Gasteiger partial charge in [0.05, 0.1) is 18.3 Å². The number of hydrogen-bond acceptors (Lipinski definition) is 2. The number of nitrogens with zero attached hydrogens (tertiary/aromatic N) is 1. The molecule has 0 unspecified atom stereocenters. The van der Waals surface area contributed by atoms with Crippen molar-refractivity contribution in [2.24, 2.45) is 0 Å². The van der Waals surface area contributed by atoms with Crippen molar-refractivity contribution in [1.82, 2.24) is 4.90 Å². The van der Waals surface area contributed by atoms with Crippen molar-refractivity contribution in [3.63, 3.8) is 0 Å². The van der Waals surface area contributed by atoms with E-state index in [-0.39, 0.29) is 18.6 Å². The minimum absolute atomic E-state index is 0.0159. The molecular weight excluding hydrogens is 355 g/mol. The molecule has 2 aromatic carbocycles. The van der Waals surface area contributed by atoms with Crippen LogP contribution in [0.15, 0.2) is 48.5 Å². The van der Waals surface area contributed by atoms with Crippen molar-refractivity contribution in [3.8, 4) is 0 Å². The fourth-order valence-electron chi connectivity index (χ4n) is 3.14. The van der Waals surface area contributed by atoms with Crippen molar-refractivity contribution in [3.05, 3.63) is 70.8 Å². The van der Waals surface area contributed by atoms with Gasteiger partial charge in [-0.2, -0.15) is 13.2 Å². The average Bonchev–Trinajstić information content (AvgIpc) is 2.66. The minimum Gasteiger partial charge on any atom is -0.372 e. The molecule has 27 heavy (non-hydrogen) atoms. The van der Waals surface area contributed by atoms with E-state index in [1.54, 1.807) is 4.90 Å². The van der Waals surface area contributed by atoms with Gasteiger partial charge >= 0.3 is 6.18 Å². The van der Waals surface area contributed by atoms with Gasteiger partial charge in [0.1, 0.15) is 0 Å². The Labute approximate surface area is 156 Å². The molecule has 1 aliphatic rings. The summed E-state index contributed by atoms with van der Waals surface area (Å²) in [5.74, 6) is -0.0159. The zero-order chi connectivity index (χ0) is 19.4. The Bertz CT molecular complexity index is 770. The molecule has 6 heteroatoms. The minimum atomic E-state index is -4.33. The van der Waals surface area contributed by atoms with Crippen LogP contribution >= 0.6 is 0 Å². The van der Waals surface area contributed by atoms with E-state index in [2.05, 4.69) is 0 Å². The molecule has 1 aliphatic heterocycles. The second-order valence-electron chi connectivity index (χ2n) is 6.89. The highest BCUT2D eigenvalue weighted by Gasteiger charge is 2.30. The summed E-state index contributed by atoms with van der Waals surface area (Å²) in [6.07, 6.45) is -2.77. The Morgan fingerprint density at radius 1 is 1.11 bits per heavy atom. The fraction of sp³-hybridized carbons (Fsp3) is 0.381. The number of piperidine rings is 1.